The van der Waals surface area contributed by atoms with Gasteiger partial charge in [0, 0.05) is 43.8 Å². The third-order valence-electron chi connectivity index (χ3n) is 5.55. The Balaban J connectivity index is 0.000000298. The first kappa shape index (κ1) is 22.1. The number of carboxylic acid groups (broad SMARTS) is 1. The van der Waals surface area contributed by atoms with Crippen molar-refractivity contribution >= 4 is 5.97 Å². The SMILES string of the molecule is O=C(O)C(F)(F)F.c1cc(CN2C[C@H](OCC3CCOCC3)[C@H]3COC[C@H]32)co1. The van der Waals surface area contributed by atoms with Gasteiger partial charge in [-0.05, 0) is 24.8 Å². The molecule has 3 aliphatic heterocycles. The number of nitrogens with zero attached hydrogens (tertiary/aromatic N) is 1. The van der Waals surface area contributed by atoms with Crippen LogP contribution in [0.4, 0.5) is 13.2 Å². The molecule has 4 heterocycles. The lowest BCUT2D eigenvalue weighted by Crippen LogP contribution is -2.32. The lowest BCUT2D eigenvalue weighted by Gasteiger charge is -2.25. The highest BCUT2D eigenvalue weighted by atomic mass is 19.4. The molecule has 10 heteroatoms. The van der Waals surface area contributed by atoms with E-state index >= 15 is 0 Å². The predicted octanol–water partition coefficient (Wildman–Crippen LogP) is 2.56. The fraction of sp³-hybridized carbons (Fsp3) is 0.737. The number of alkyl halides is 3. The molecule has 0 saturated carbocycles. The summed E-state index contributed by atoms with van der Waals surface area (Å²) in [6.07, 6.45) is 1.07. The molecule has 3 aliphatic rings. The molecule has 0 amide bonds. The van der Waals surface area contributed by atoms with Gasteiger partial charge < -0.3 is 23.7 Å². The molecule has 1 aromatic rings. The standard InChI is InChI=1S/C17H25NO4.C2HF3O2/c1-4-19-5-2-13(1)10-22-17-8-18(7-14-3-6-20-9-14)16-12-21-11-15(16)17;3-2(4,5)1(6)7/h3,6,9,13,15-17H,1-2,4-5,7-8,10-12H2;(H,6,7)/t15-,16+,17-;/m0./s1. The predicted molar refractivity (Wildman–Crippen MR) is 94.2 cm³/mol. The van der Waals surface area contributed by atoms with Crippen LogP contribution in [0.3, 0.4) is 0 Å². The Morgan fingerprint density at radius 2 is 1.97 bits per heavy atom. The number of furan rings is 1. The van der Waals surface area contributed by atoms with Crippen molar-refractivity contribution in [3.63, 3.8) is 0 Å². The molecule has 164 valence electrons. The number of hydrogen-bond donors (Lipinski definition) is 1. The van der Waals surface area contributed by atoms with Gasteiger partial charge in [0.05, 0.1) is 38.5 Å². The van der Waals surface area contributed by atoms with Crippen molar-refractivity contribution < 1.29 is 41.7 Å². The minimum atomic E-state index is -5.08. The summed E-state index contributed by atoms with van der Waals surface area (Å²) in [5.74, 6) is -1.57. The molecular formula is C19H26F3NO6. The van der Waals surface area contributed by atoms with Crippen molar-refractivity contribution in [3.05, 3.63) is 24.2 Å². The molecule has 3 saturated heterocycles. The molecule has 1 aromatic heterocycles. The van der Waals surface area contributed by atoms with Crippen LogP contribution in [0.2, 0.25) is 0 Å². The van der Waals surface area contributed by atoms with Crippen LogP contribution in [0.15, 0.2) is 23.0 Å². The van der Waals surface area contributed by atoms with Gasteiger partial charge in [0.2, 0.25) is 0 Å². The van der Waals surface area contributed by atoms with E-state index in [1.165, 1.54) is 5.56 Å². The quantitative estimate of drug-likeness (QED) is 0.783. The van der Waals surface area contributed by atoms with Gasteiger partial charge in [0.15, 0.2) is 0 Å². The number of hydrogen-bond acceptors (Lipinski definition) is 6. The van der Waals surface area contributed by atoms with Gasteiger partial charge in [0.1, 0.15) is 0 Å². The molecule has 3 fully saturated rings. The zero-order valence-corrected chi connectivity index (χ0v) is 16.0. The highest BCUT2D eigenvalue weighted by Gasteiger charge is 2.46. The van der Waals surface area contributed by atoms with Crippen molar-refractivity contribution in [1.82, 2.24) is 4.90 Å². The number of ether oxygens (including phenoxy) is 3. The lowest BCUT2D eigenvalue weighted by molar-refractivity contribution is -0.192. The molecule has 1 N–H and O–H groups in total. The van der Waals surface area contributed by atoms with E-state index < -0.39 is 12.1 Å². The summed E-state index contributed by atoms with van der Waals surface area (Å²) in [4.78, 5) is 11.4. The van der Waals surface area contributed by atoms with Crippen LogP contribution in [0.1, 0.15) is 18.4 Å². The maximum absolute atomic E-state index is 10.6. The van der Waals surface area contributed by atoms with E-state index in [4.69, 9.17) is 28.5 Å². The topological polar surface area (TPSA) is 81.4 Å². The number of carboxylic acids is 1. The van der Waals surface area contributed by atoms with Crippen molar-refractivity contribution in [2.24, 2.45) is 11.8 Å². The Bertz CT molecular complexity index is 632. The minimum absolute atomic E-state index is 0.308. The van der Waals surface area contributed by atoms with E-state index in [-0.39, 0.29) is 0 Å². The van der Waals surface area contributed by atoms with Gasteiger partial charge in [-0.1, -0.05) is 0 Å². The van der Waals surface area contributed by atoms with Crippen LogP contribution in [0, 0.1) is 11.8 Å². The maximum Gasteiger partial charge on any atom is 0.490 e. The summed E-state index contributed by atoms with van der Waals surface area (Å²) >= 11 is 0. The third-order valence-corrected chi connectivity index (χ3v) is 5.55. The van der Waals surface area contributed by atoms with E-state index in [0.29, 0.717) is 24.0 Å². The largest absolute Gasteiger partial charge is 0.490 e. The number of halogens is 3. The second kappa shape index (κ2) is 9.92. The van der Waals surface area contributed by atoms with Gasteiger partial charge in [0.25, 0.3) is 0 Å². The molecule has 7 nitrogen and oxygen atoms in total. The summed E-state index contributed by atoms with van der Waals surface area (Å²) in [6.45, 7) is 6.26. The Morgan fingerprint density at radius 3 is 2.59 bits per heavy atom. The summed E-state index contributed by atoms with van der Waals surface area (Å²) < 4.78 is 54.4. The highest BCUT2D eigenvalue weighted by Crippen LogP contribution is 2.34. The van der Waals surface area contributed by atoms with Gasteiger partial charge >= 0.3 is 12.1 Å². The zero-order chi connectivity index (χ0) is 20.9. The smallest absolute Gasteiger partial charge is 0.475 e. The average Bonchev–Trinajstić information content (AvgIpc) is 3.41. The second-order valence-electron chi connectivity index (χ2n) is 7.56. The molecule has 0 aromatic carbocycles. The van der Waals surface area contributed by atoms with Crippen LogP contribution >= 0.6 is 0 Å². The Kier molecular flexibility index (Phi) is 7.55. The summed E-state index contributed by atoms with van der Waals surface area (Å²) in [6, 6.07) is 2.54. The Hall–Kier alpha value is -1.62. The molecule has 0 radical (unpaired) electrons. The fourth-order valence-corrected chi connectivity index (χ4v) is 3.94. The molecule has 4 rings (SSSR count). The van der Waals surface area contributed by atoms with Crippen molar-refractivity contribution in [2.75, 3.05) is 39.6 Å². The number of aliphatic carboxylic acids is 1. The summed E-state index contributed by atoms with van der Waals surface area (Å²) in [5.41, 5.74) is 1.23. The third kappa shape index (κ3) is 6.18. The molecule has 0 unspecified atom stereocenters. The highest BCUT2D eigenvalue weighted by molar-refractivity contribution is 5.73. The van der Waals surface area contributed by atoms with Crippen LogP contribution in [0.25, 0.3) is 0 Å². The van der Waals surface area contributed by atoms with Crippen LogP contribution < -0.4 is 0 Å². The van der Waals surface area contributed by atoms with E-state index in [0.717, 1.165) is 59.0 Å². The maximum atomic E-state index is 10.6. The number of likely N-dealkylation sites (tertiary alicyclic amines) is 1. The first-order valence-electron chi connectivity index (χ1n) is 9.67. The monoisotopic (exact) mass is 421 g/mol. The lowest BCUT2D eigenvalue weighted by atomic mass is 10.00. The van der Waals surface area contributed by atoms with Crippen LogP contribution in [0.5, 0.6) is 0 Å². The molecular weight excluding hydrogens is 395 g/mol. The van der Waals surface area contributed by atoms with Crippen molar-refractivity contribution in [2.45, 2.75) is 37.7 Å². The van der Waals surface area contributed by atoms with Crippen LogP contribution in [-0.4, -0.2) is 73.9 Å². The molecule has 0 bridgehead atoms. The number of carbonyl (C=O) groups is 1. The Labute approximate surface area is 166 Å². The molecule has 3 atom stereocenters. The fourth-order valence-electron chi connectivity index (χ4n) is 3.94. The minimum Gasteiger partial charge on any atom is -0.475 e. The number of fused-ring (bicyclic) bond motifs is 1. The van der Waals surface area contributed by atoms with Crippen LogP contribution in [-0.2, 0) is 25.5 Å². The first-order chi connectivity index (χ1) is 13.8. The van der Waals surface area contributed by atoms with E-state index in [1.807, 2.05) is 12.3 Å². The van der Waals surface area contributed by atoms with E-state index in [1.54, 1.807) is 6.26 Å². The Morgan fingerprint density at radius 1 is 1.24 bits per heavy atom. The molecule has 0 aliphatic carbocycles. The van der Waals surface area contributed by atoms with Gasteiger partial charge in [-0.3, -0.25) is 4.90 Å². The summed E-state index contributed by atoms with van der Waals surface area (Å²) in [7, 11) is 0. The van der Waals surface area contributed by atoms with Gasteiger partial charge in [-0.25, -0.2) is 4.79 Å². The van der Waals surface area contributed by atoms with Crippen molar-refractivity contribution in [1.29, 1.82) is 0 Å². The normalized spacial score (nSPS) is 28.0. The van der Waals surface area contributed by atoms with Gasteiger partial charge in [-0.2, -0.15) is 13.2 Å². The molecule has 29 heavy (non-hydrogen) atoms. The van der Waals surface area contributed by atoms with E-state index in [2.05, 4.69) is 4.90 Å². The first-order valence-corrected chi connectivity index (χ1v) is 9.67. The molecule has 0 spiro atoms. The second-order valence-corrected chi connectivity index (χ2v) is 7.56. The van der Waals surface area contributed by atoms with E-state index in [9.17, 15) is 13.2 Å². The van der Waals surface area contributed by atoms with Crippen molar-refractivity contribution in [3.8, 4) is 0 Å². The average molecular weight is 421 g/mol. The van der Waals surface area contributed by atoms with Gasteiger partial charge in [-0.15, -0.1) is 0 Å². The summed E-state index contributed by atoms with van der Waals surface area (Å²) in [5, 5.41) is 7.12. The zero-order valence-electron chi connectivity index (χ0n) is 16.0. The number of rotatable bonds is 5.